The molecule has 1 aliphatic heterocycles. The van der Waals surface area contributed by atoms with Crippen molar-refractivity contribution in [3.63, 3.8) is 0 Å². The fourth-order valence-corrected chi connectivity index (χ4v) is 4.37. The van der Waals surface area contributed by atoms with Crippen molar-refractivity contribution in [2.24, 2.45) is 0 Å². The van der Waals surface area contributed by atoms with Gasteiger partial charge < -0.3 is 5.32 Å². The topological polar surface area (TPSA) is 90.1 Å². The lowest BCUT2D eigenvalue weighted by Crippen LogP contribution is -2.40. The number of hydrogen-bond donors (Lipinski definition) is 3. The van der Waals surface area contributed by atoms with E-state index in [1.54, 1.807) is 14.0 Å². The minimum absolute atomic E-state index is 0.276. The molecule has 1 saturated heterocycles. The average molecular weight is 315 g/mol. The monoisotopic (exact) mass is 315 g/mol. The molecule has 1 aromatic heterocycles. The van der Waals surface area contributed by atoms with Gasteiger partial charge in [-0.05, 0) is 39.9 Å². The van der Waals surface area contributed by atoms with Crippen LogP contribution in [0.4, 0.5) is 0 Å². The Bertz CT molecular complexity index is 569. The SMILES string of the molecule is CCN1CCCC1CNS(=O)(=O)c1c(CNC)n[nH]c1C. The number of nitrogens with zero attached hydrogens (tertiary/aromatic N) is 2. The maximum atomic E-state index is 12.5. The second kappa shape index (κ2) is 6.87. The molecule has 0 radical (unpaired) electrons. The van der Waals surface area contributed by atoms with Gasteiger partial charge in [0.05, 0.1) is 11.4 Å². The molecule has 0 aromatic carbocycles. The number of aryl methyl sites for hydroxylation is 1. The fourth-order valence-electron chi connectivity index (χ4n) is 2.93. The van der Waals surface area contributed by atoms with Crippen LogP contribution in [0.2, 0.25) is 0 Å². The summed E-state index contributed by atoms with van der Waals surface area (Å²) in [5, 5.41) is 9.76. The molecular formula is C13H25N5O2S. The number of nitrogens with one attached hydrogen (secondary N) is 3. The predicted octanol–water partition coefficient (Wildman–Crippen LogP) is 0.200. The standard InChI is InChI=1S/C13H25N5O2S/c1-4-18-7-5-6-11(18)8-15-21(19,20)13-10(2)16-17-12(13)9-14-3/h11,14-15H,4-9H2,1-3H3,(H,16,17). The van der Waals surface area contributed by atoms with Crippen LogP contribution < -0.4 is 10.0 Å². The number of rotatable bonds is 7. The summed E-state index contributed by atoms with van der Waals surface area (Å²) in [6.45, 7) is 6.73. The summed E-state index contributed by atoms with van der Waals surface area (Å²) in [6.07, 6.45) is 2.18. The van der Waals surface area contributed by atoms with E-state index in [9.17, 15) is 8.42 Å². The number of H-pyrrole nitrogens is 1. The van der Waals surface area contributed by atoms with Crippen LogP contribution in [0, 0.1) is 6.92 Å². The molecule has 0 aliphatic carbocycles. The number of likely N-dealkylation sites (N-methyl/N-ethyl adjacent to an activating group) is 1. The van der Waals surface area contributed by atoms with Crippen molar-refractivity contribution in [3.8, 4) is 0 Å². The Labute approximate surface area is 126 Å². The van der Waals surface area contributed by atoms with Crippen LogP contribution in [-0.4, -0.2) is 56.2 Å². The average Bonchev–Trinajstić information content (AvgIpc) is 3.03. The third-order valence-corrected chi connectivity index (χ3v) is 5.61. The van der Waals surface area contributed by atoms with Gasteiger partial charge in [0.15, 0.2) is 0 Å². The van der Waals surface area contributed by atoms with Crippen molar-refractivity contribution >= 4 is 10.0 Å². The van der Waals surface area contributed by atoms with Gasteiger partial charge in [-0.15, -0.1) is 0 Å². The number of sulfonamides is 1. The first kappa shape index (κ1) is 16.4. The maximum Gasteiger partial charge on any atom is 0.244 e. The fraction of sp³-hybridized carbons (Fsp3) is 0.769. The Morgan fingerprint density at radius 3 is 2.90 bits per heavy atom. The van der Waals surface area contributed by atoms with Crippen molar-refractivity contribution in [1.29, 1.82) is 0 Å². The van der Waals surface area contributed by atoms with Crippen LogP contribution in [0.3, 0.4) is 0 Å². The highest BCUT2D eigenvalue weighted by atomic mass is 32.2. The molecule has 7 nitrogen and oxygen atoms in total. The summed E-state index contributed by atoms with van der Waals surface area (Å²) < 4.78 is 27.8. The lowest BCUT2D eigenvalue weighted by Gasteiger charge is -2.22. The minimum atomic E-state index is -3.53. The van der Waals surface area contributed by atoms with Gasteiger partial charge >= 0.3 is 0 Å². The van der Waals surface area contributed by atoms with Crippen LogP contribution in [-0.2, 0) is 16.6 Å². The number of hydrogen-bond acceptors (Lipinski definition) is 5. The summed E-state index contributed by atoms with van der Waals surface area (Å²) in [6, 6.07) is 0.296. The quantitative estimate of drug-likeness (QED) is 0.669. The molecule has 0 spiro atoms. The summed E-state index contributed by atoms with van der Waals surface area (Å²) in [5.41, 5.74) is 1.10. The van der Waals surface area contributed by atoms with Crippen LogP contribution in [0.15, 0.2) is 4.90 Å². The van der Waals surface area contributed by atoms with Crippen LogP contribution >= 0.6 is 0 Å². The normalized spacial score (nSPS) is 20.2. The van der Waals surface area contributed by atoms with Crippen molar-refractivity contribution in [2.45, 2.75) is 44.2 Å². The zero-order valence-electron chi connectivity index (χ0n) is 12.9. The van der Waals surface area contributed by atoms with Crippen LogP contribution in [0.5, 0.6) is 0 Å². The van der Waals surface area contributed by atoms with Gasteiger partial charge in [-0.1, -0.05) is 6.92 Å². The van der Waals surface area contributed by atoms with Crippen molar-refractivity contribution in [1.82, 2.24) is 25.1 Å². The first-order valence-corrected chi connectivity index (χ1v) is 8.90. The molecule has 1 aromatic rings. The zero-order valence-corrected chi connectivity index (χ0v) is 13.8. The van der Waals surface area contributed by atoms with E-state index in [0.717, 1.165) is 25.9 Å². The Hall–Kier alpha value is -0.960. The van der Waals surface area contributed by atoms with Crippen LogP contribution in [0.1, 0.15) is 31.2 Å². The summed E-state index contributed by atoms with van der Waals surface area (Å²) in [5.74, 6) is 0. The molecule has 1 fully saturated rings. The van der Waals surface area contributed by atoms with Gasteiger partial charge in [0.25, 0.3) is 0 Å². The van der Waals surface area contributed by atoms with Gasteiger partial charge in [0, 0.05) is 19.1 Å². The summed E-state index contributed by atoms with van der Waals surface area (Å²) in [4.78, 5) is 2.59. The predicted molar refractivity (Wildman–Crippen MR) is 81.5 cm³/mol. The van der Waals surface area contributed by atoms with E-state index in [-0.39, 0.29) is 4.90 Å². The maximum absolute atomic E-state index is 12.5. The zero-order chi connectivity index (χ0) is 15.5. The van der Waals surface area contributed by atoms with Gasteiger partial charge in [-0.25, -0.2) is 13.1 Å². The molecule has 21 heavy (non-hydrogen) atoms. The Kier molecular flexibility index (Phi) is 5.37. The van der Waals surface area contributed by atoms with Crippen molar-refractivity contribution in [2.75, 3.05) is 26.7 Å². The van der Waals surface area contributed by atoms with E-state index < -0.39 is 10.0 Å². The highest BCUT2D eigenvalue weighted by molar-refractivity contribution is 7.89. The molecule has 1 atom stereocenters. The number of likely N-dealkylation sites (tertiary alicyclic amines) is 1. The van der Waals surface area contributed by atoms with E-state index in [1.165, 1.54) is 0 Å². The van der Waals surface area contributed by atoms with Gasteiger partial charge in [-0.2, -0.15) is 5.10 Å². The first-order valence-electron chi connectivity index (χ1n) is 7.41. The van der Waals surface area contributed by atoms with Gasteiger partial charge in [0.1, 0.15) is 4.90 Å². The van der Waals surface area contributed by atoms with E-state index >= 15 is 0 Å². The molecule has 8 heteroatoms. The van der Waals surface area contributed by atoms with E-state index in [2.05, 4.69) is 32.1 Å². The Morgan fingerprint density at radius 1 is 1.48 bits per heavy atom. The van der Waals surface area contributed by atoms with E-state index in [0.29, 0.717) is 30.5 Å². The summed E-state index contributed by atoms with van der Waals surface area (Å²) in [7, 11) is -1.76. The van der Waals surface area contributed by atoms with E-state index in [1.807, 2.05) is 0 Å². The molecule has 2 heterocycles. The smallest absolute Gasteiger partial charge is 0.244 e. The lowest BCUT2D eigenvalue weighted by molar-refractivity contribution is 0.268. The second-order valence-electron chi connectivity index (χ2n) is 5.43. The molecular weight excluding hydrogens is 290 g/mol. The minimum Gasteiger partial charge on any atom is -0.314 e. The molecule has 1 unspecified atom stereocenters. The van der Waals surface area contributed by atoms with Gasteiger partial charge in [-0.3, -0.25) is 10.00 Å². The van der Waals surface area contributed by atoms with Gasteiger partial charge in [0.2, 0.25) is 10.0 Å². The lowest BCUT2D eigenvalue weighted by atomic mass is 10.2. The molecule has 120 valence electrons. The highest BCUT2D eigenvalue weighted by Gasteiger charge is 2.28. The third-order valence-electron chi connectivity index (χ3n) is 3.99. The first-order chi connectivity index (χ1) is 9.99. The molecule has 3 N–H and O–H groups in total. The largest absolute Gasteiger partial charge is 0.314 e. The molecule has 1 aliphatic rings. The summed E-state index contributed by atoms with van der Waals surface area (Å²) >= 11 is 0. The molecule has 0 saturated carbocycles. The Morgan fingerprint density at radius 2 is 2.24 bits per heavy atom. The van der Waals surface area contributed by atoms with Crippen molar-refractivity contribution in [3.05, 3.63) is 11.4 Å². The van der Waals surface area contributed by atoms with Crippen LogP contribution in [0.25, 0.3) is 0 Å². The second-order valence-corrected chi connectivity index (χ2v) is 7.14. The molecule has 2 rings (SSSR count). The molecule has 0 bridgehead atoms. The molecule has 0 amide bonds. The van der Waals surface area contributed by atoms with Crippen molar-refractivity contribution < 1.29 is 8.42 Å². The number of aromatic amines is 1. The Balaban J connectivity index is 2.10. The number of aromatic nitrogens is 2. The third kappa shape index (κ3) is 3.63. The highest BCUT2D eigenvalue weighted by Crippen LogP contribution is 2.19. The van der Waals surface area contributed by atoms with E-state index in [4.69, 9.17) is 0 Å².